The number of hydrogen-bond donors (Lipinski definition) is 3. The second-order valence-corrected chi connectivity index (χ2v) is 6.90. The van der Waals surface area contributed by atoms with E-state index in [9.17, 15) is 9.59 Å². The van der Waals surface area contributed by atoms with E-state index >= 15 is 0 Å². The minimum atomic E-state index is -0.231. The molecule has 6 nitrogen and oxygen atoms in total. The molecule has 7 heteroatoms. The minimum absolute atomic E-state index is 0.00238. The number of carbonyl (C=O) groups is 2. The van der Waals surface area contributed by atoms with Crippen LogP contribution in [0.25, 0.3) is 0 Å². The second kappa shape index (κ2) is 6.66. The van der Waals surface area contributed by atoms with Crippen molar-refractivity contribution in [1.29, 1.82) is 0 Å². The summed E-state index contributed by atoms with van der Waals surface area (Å²) in [6.45, 7) is 2.69. The molecular weight excluding hydrogens is 302 g/mol. The van der Waals surface area contributed by atoms with Crippen molar-refractivity contribution in [3.63, 3.8) is 0 Å². The van der Waals surface area contributed by atoms with E-state index in [4.69, 9.17) is 4.74 Å². The number of hydrogen-bond acceptors (Lipinski definition) is 4. The Morgan fingerprint density at radius 3 is 3.00 bits per heavy atom. The number of carbonyl (C=O) groups excluding carboxylic acids is 2. The molecule has 3 heterocycles. The summed E-state index contributed by atoms with van der Waals surface area (Å²) < 4.78 is 5.69. The van der Waals surface area contributed by atoms with Gasteiger partial charge in [-0.25, -0.2) is 4.79 Å². The first-order valence-corrected chi connectivity index (χ1v) is 8.54. The van der Waals surface area contributed by atoms with Crippen molar-refractivity contribution in [1.82, 2.24) is 10.6 Å². The molecule has 1 unspecified atom stereocenters. The molecule has 3 rings (SSSR count). The number of nitrogens with one attached hydrogen (secondary N) is 3. The van der Waals surface area contributed by atoms with Gasteiger partial charge in [-0.1, -0.05) is 0 Å². The average Bonchev–Trinajstić information content (AvgIpc) is 3.14. The number of rotatable bonds is 3. The molecule has 2 saturated heterocycles. The molecule has 3 atom stereocenters. The number of amides is 3. The lowest BCUT2D eigenvalue weighted by Gasteiger charge is -2.36. The van der Waals surface area contributed by atoms with E-state index in [1.807, 2.05) is 18.4 Å². The van der Waals surface area contributed by atoms with Gasteiger partial charge in [0.25, 0.3) is 0 Å². The summed E-state index contributed by atoms with van der Waals surface area (Å²) in [7, 11) is 0. The van der Waals surface area contributed by atoms with Gasteiger partial charge in [-0.2, -0.15) is 0 Å². The van der Waals surface area contributed by atoms with Crippen molar-refractivity contribution in [3.05, 3.63) is 16.3 Å². The van der Waals surface area contributed by atoms with Crippen molar-refractivity contribution >= 4 is 29.0 Å². The summed E-state index contributed by atoms with van der Waals surface area (Å²) in [5.41, 5.74) is 0.830. The van der Waals surface area contributed by atoms with E-state index in [0.717, 1.165) is 30.0 Å². The number of aryl methyl sites for hydroxylation is 1. The van der Waals surface area contributed by atoms with Crippen molar-refractivity contribution in [2.24, 2.45) is 0 Å². The molecule has 3 N–H and O–H groups in total. The fraction of sp³-hybridized carbons (Fsp3) is 0.600. The van der Waals surface area contributed by atoms with Crippen molar-refractivity contribution < 1.29 is 14.3 Å². The predicted octanol–water partition coefficient (Wildman–Crippen LogP) is 2.00. The third-order valence-corrected chi connectivity index (χ3v) is 5.08. The number of thiophene rings is 1. The van der Waals surface area contributed by atoms with Crippen LogP contribution in [0.2, 0.25) is 0 Å². The van der Waals surface area contributed by atoms with Gasteiger partial charge in [-0.15, -0.1) is 11.3 Å². The molecule has 0 radical (unpaired) electrons. The molecule has 0 saturated carbocycles. The molecule has 0 spiro atoms. The van der Waals surface area contributed by atoms with Gasteiger partial charge in [0.2, 0.25) is 5.91 Å². The Hall–Kier alpha value is -1.60. The molecule has 1 aromatic heterocycles. The maximum atomic E-state index is 12.2. The topological polar surface area (TPSA) is 79.5 Å². The van der Waals surface area contributed by atoms with Crippen LogP contribution in [0.5, 0.6) is 0 Å². The summed E-state index contributed by atoms with van der Waals surface area (Å²) in [4.78, 5) is 24.9. The molecule has 0 bridgehead atoms. The quantitative estimate of drug-likeness (QED) is 0.796. The SMILES string of the molecule is Cc1sccc1NC(=O)N[C@@H]1CCC(=O)N[C@H]1C1CCCO1. The Balaban J connectivity index is 1.62. The van der Waals surface area contributed by atoms with Crippen LogP contribution in [0.1, 0.15) is 30.6 Å². The summed E-state index contributed by atoms with van der Waals surface area (Å²) in [6, 6.07) is 1.42. The highest BCUT2D eigenvalue weighted by molar-refractivity contribution is 7.10. The van der Waals surface area contributed by atoms with E-state index in [1.54, 1.807) is 11.3 Å². The first-order chi connectivity index (χ1) is 10.6. The zero-order valence-electron chi connectivity index (χ0n) is 12.6. The standard InChI is InChI=1S/C15H21N3O3S/c1-9-10(6-8-22-9)16-15(20)17-11-4-5-13(19)18-14(11)12-3-2-7-21-12/h6,8,11-12,14H,2-5,7H2,1H3,(H,18,19)(H2,16,17,20)/t11-,12?,14-/m1/s1. The number of ether oxygens (including phenoxy) is 1. The van der Waals surface area contributed by atoms with E-state index < -0.39 is 0 Å². The van der Waals surface area contributed by atoms with Crippen molar-refractivity contribution in [2.75, 3.05) is 11.9 Å². The molecule has 2 aliphatic rings. The van der Waals surface area contributed by atoms with E-state index in [-0.39, 0.29) is 30.1 Å². The van der Waals surface area contributed by atoms with Crippen LogP contribution in [0.4, 0.5) is 10.5 Å². The summed E-state index contributed by atoms with van der Waals surface area (Å²) >= 11 is 1.59. The molecule has 1 aromatic rings. The second-order valence-electron chi connectivity index (χ2n) is 5.78. The maximum Gasteiger partial charge on any atom is 0.319 e. The molecule has 2 fully saturated rings. The van der Waals surface area contributed by atoms with Crippen LogP contribution in [0, 0.1) is 6.92 Å². The van der Waals surface area contributed by atoms with Gasteiger partial charge in [-0.3, -0.25) is 4.79 Å². The van der Waals surface area contributed by atoms with Crippen LogP contribution < -0.4 is 16.0 Å². The Kier molecular flexibility index (Phi) is 4.63. The Labute approximate surface area is 133 Å². The van der Waals surface area contributed by atoms with Gasteiger partial charge in [0.05, 0.1) is 23.9 Å². The lowest BCUT2D eigenvalue weighted by atomic mass is 9.92. The van der Waals surface area contributed by atoms with Crippen LogP contribution >= 0.6 is 11.3 Å². The van der Waals surface area contributed by atoms with Gasteiger partial charge < -0.3 is 20.7 Å². The predicted molar refractivity (Wildman–Crippen MR) is 85.1 cm³/mol. The smallest absolute Gasteiger partial charge is 0.319 e. The molecular formula is C15H21N3O3S. The molecule has 120 valence electrons. The van der Waals surface area contributed by atoms with Crippen molar-refractivity contribution in [3.8, 4) is 0 Å². The van der Waals surface area contributed by atoms with Crippen LogP contribution in [-0.4, -0.2) is 36.7 Å². The minimum Gasteiger partial charge on any atom is -0.376 e. The lowest BCUT2D eigenvalue weighted by Crippen LogP contribution is -2.60. The Bertz CT molecular complexity index is 554. The highest BCUT2D eigenvalue weighted by Crippen LogP contribution is 2.23. The molecule has 0 aromatic carbocycles. The van der Waals surface area contributed by atoms with Gasteiger partial charge in [0, 0.05) is 17.9 Å². The molecule has 0 aliphatic carbocycles. The molecule has 22 heavy (non-hydrogen) atoms. The zero-order valence-corrected chi connectivity index (χ0v) is 13.4. The third kappa shape index (κ3) is 3.41. The maximum absolute atomic E-state index is 12.2. The average molecular weight is 323 g/mol. The fourth-order valence-corrected chi connectivity index (χ4v) is 3.72. The number of urea groups is 1. The number of anilines is 1. The van der Waals surface area contributed by atoms with Gasteiger partial charge >= 0.3 is 6.03 Å². The Morgan fingerprint density at radius 1 is 1.45 bits per heavy atom. The molecule has 3 amide bonds. The normalized spacial score (nSPS) is 28.2. The van der Waals surface area contributed by atoms with E-state index in [1.165, 1.54) is 0 Å². The Morgan fingerprint density at radius 2 is 2.32 bits per heavy atom. The lowest BCUT2D eigenvalue weighted by molar-refractivity contribution is -0.125. The van der Waals surface area contributed by atoms with Crippen molar-refractivity contribution in [2.45, 2.75) is 50.8 Å². The van der Waals surface area contributed by atoms with Gasteiger partial charge in [0.15, 0.2) is 0 Å². The monoisotopic (exact) mass is 323 g/mol. The van der Waals surface area contributed by atoms with E-state index in [0.29, 0.717) is 12.8 Å². The summed E-state index contributed by atoms with van der Waals surface area (Å²) in [6.07, 6.45) is 3.01. The molecule has 2 aliphatic heterocycles. The highest BCUT2D eigenvalue weighted by atomic mass is 32.1. The van der Waals surface area contributed by atoms with Crippen LogP contribution in [0.15, 0.2) is 11.4 Å². The van der Waals surface area contributed by atoms with E-state index in [2.05, 4.69) is 16.0 Å². The first-order valence-electron chi connectivity index (χ1n) is 7.66. The third-order valence-electron chi connectivity index (χ3n) is 4.23. The summed E-state index contributed by atoms with van der Waals surface area (Å²) in [5, 5.41) is 10.8. The zero-order chi connectivity index (χ0) is 15.5. The largest absolute Gasteiger partial charge is 0.376 e. The first kappa shape index (κ1) is 15.3. The van der Waals surface area contributed by atoms with Crippen LogP contribution in [0.3, 0.4) is 0 Å². The highest BCUT2D eigenvalue weighted by Gasteiger charge is 2.37. The van der Waals surface area contributed by atoms with Crippen LogP contribution in [-0.2, 0) is 9.53 Å². The number of piperidine rings is 1. The van der Waals surface area contributed by atoms with Gasteiger partial charge in [0.1, 0.15) is 0 Å². The fourth-order valence-electron chi connectivity index (χ4n) is 3.07. The van der Waals surface area contributed by atoms with Gasteiger partial charge in [-0.05, 0) is 37.6 Å². The summed E-state index contributed by atoms with van der Waals surface area (Å²) in [5.74, 6) is 0.0348.